The van der Waals surface area contributed by atoms with Gasteiger partial charge in [-0.2, -0.15) is 25.3 Å². The Hall–Kier alpha value is -4.92. The lowest BCUT2D eigenvalue weighted by Crippen LogP contribution is -2.60. The standard InChI is InChI=1S/C30H53N11O13S2/c1-13(2)22(41-27(51)18(10-43)39-25(49)15(4-3-7-34-30(32)33)37-23(47)14(31)11-55)28(52)38-16(5-6-21(45)46)24(48)35-8-20(44)36-17(9-42)26(50)40-19(12-56)29(53)54/h13-19,22,42-43,55-56H,3-12,31H2,1-2H3,(H,35,48)(H,36,44)(H,37,47)(H,38,52)(H,39,49)(H,40,50)(H,41,51)(H,45,46)(H,53,54)(H4,32,33,34)/t14-,15-,16-,17-,18-,19-,22-/m0/s1. The lowest BCUT2D eigenvalue weighted by Gasteiger charge is -2.27. The molecule has 0 aliphatic rings. The summed E-state index contributed by atoms with van der Waals surface area (Å²) in [7, 11) is 0. The Morgan fingerprint density at radius 3 is 1.64 bits per heavy atom. The molecule has 26 heteroatoms. The monoisotopic (exact) mass is 839 g/mol. The average molecular weight is 840 g/mol. The van der Waals surface area contributed by atoms with Crippen LogP contribution in [0.25, 0.3) is 0 Å². The van der Waals surface area contributed by atoms with Gasteiger partial charge < -0.3 is 74.8 Å². The second-order valence-corrected chi connectivity index (χ2v) is 13.1. The van der Waals surface area contributed by atoms with E-state index in [4.69, 9.17) is 22.3 Å². The molecule has 0 fully saturated rings. The number of nitrogens with one attached hydrogen (secondary N) is 7. The van der Waals surface area contributed by atoms with Crippen molar-refractivity contribution in [2.75, 3.05) is 37.8 Å². The molecule has 0 rings (SSSR count). The van der Waals surface area contributed by atoms with Gasteiger partial charge in [0.05, 0.1) is 25.8 Å². The van der Waals surface area contributed by atoms with Crippen LogP contribution in [-0.4, -0.2) is 160 Å². The van der Waals surface area contributed by atoms with Gasteiger partial charge in [-0.15, -0.1) is 0 Å². The molecule has 7 atom stereocenters. The zero-order valence-electron chi connectivity index (χ0n) is 30.7. The summed E-state index contributed by atoms with van der Waals surface area (Å²) in [4.78, 5) is 116. The second kappa shape index (κ2) is 26.8. The van der Waals surface area contributed by atoms with E-state index in [0.29, 0.717) is 0 Å². The van der Waals surface area contributed by atoms with Gasteiger partial charge in [-0.25, -0.2) is 4.79 Å². The molecule has 0 heterocycles. The van der Waals surface area contributed by atoms with Crippen LogP contribution in [-0.2, 0) is 43.2 Å². The fraction of sp³-hybridized carbons (Fsp3) is 0.667. The predicted molar refractivity (Wildman–Crippen MR) is 204 cm³/mol. The minimum absolute atomic E-state index is 0.0210. The van der Waals surface area contributed by atoms with E-state index >= 15 is 0 Å². The lowest BCUT2D eigenvalue weighted by atomic mass is 10.0. The normalized spacial score (nSPS) is 14.6. The number of aliphatic hydroxyl groups excluding tert-OH is 2. The largest absolute Gasteiger partial charge is 0.481 e. The molecule has 0 saturated carbocycles. The molecule has 0 spiro atoms. The van der Waals surface area contributed by atoms with Gasteiger partial charge >= 0.3 is 11.9 Å². The fourth-order valence-corrected chi connectivity index (χ4v) is 4.79. The van der Waals surface area contributed by atoms with E-state index in [2.05, 4.69) is 67.5 Å². The Labute approximate surface area is 332 Å². The Bertz CT molecular complexity index is 1420. The van der Waals surface area contributed by atoms with Gasteiger partial charge in [-0.05, 0) is 25.2 Å². The van der Waals surface area contributed by atoms with E-state index in [9.17, 15) is 58.5 Å². The Morgan fingerprint density at radius 2 is 1.14 bits per heavy atom. The van der Waals surface area contributed by atoms with Crippen molar-refractivity contribution >= 4 is 84.5 Å². The molecule has 0 aliphatic heterocycles. The highest BCUT2D eigenvalue weighted by molar-refractivity contribution is 7.80. The van der Waals surface area contributed by atoms with E-state index in [0.717, 1.165) is 0 Å². The predicted octanol–water partition coefficient (Wildman–Crippen LogP) is -7.16. The summed E-state index contributed by atoms with van der Waals surface area (Å²) < 4.78 is 0. The van der Waals surface area contributed by atoms with Gasteiger partial charge in [-0.3, -0.25) is 43.3 Å². The van der Waals surface area contributed by atoms with Crippen LogP contribution in [0.3, 0.4) is 0 Å². The third kappa shape index (κ3) is 19.6. The molecule has 0 radical (unpaired) electrons. The molecule has 24 nitrogen and oxygen atoms in total. The molecule has 0 aromatic heterocycles. The topological polar surface area (TPSA) is 409 Å². The smallest absolute Gasteiger partial charge is 0.327 e. The minimum Gasteiger partial charge on any atom is -0.481 e. The maximum absolute atomic E-state index is 13.4. The summed E-state index contributed by atoms with van der Waals surface area (Å²) in [6.45, 7) is 0.342. The van der Waals surface area contributed by atoms with E-state index in [1.807, 2.05) is 0 Å². The van der Waals surface area contributed by atoms with Crippen molar-refractivity contribution in [3.8, 4) is 0 Å². The average Bonchev–Trinajstić information content (AvgIpc) is 3.14. The quantitative estimate of drug-likeness (QED) is 0.0158. The molecule has 318 valence electrons. The number of rotatable bonds is 27. The molecule has 0 aliphatic carbocycles. The Morgan fingerprint density at radius 1 is 0.643 bits per heavy atom. The van der Waals surface area contributed by atoms with Crippen LogP contribution in [0, 0.1) is 5.92 Å². The summed E-state index contributed by atoms with van der Waals surface area (Å²) in [5.41, 5.74) is 16.3. The lowest BCUT2D eigenvalue weighted by molar-refractivity contribution is -0.142. The van der Waals surface area contributed by atoms with Crippen molar-refractivity contribution in [3.05, 3.63) is 0 Å². The molecule has 7 amide bonds. The molecular formula is C30H53N11O13S2. The summed E-state index contributed by atoms with van der Waals surface area (Å²) in [5, 5.41) is 53.5. The van der Waals surface area contributed by atoms with Crippen LogP contribution >= 0.6 is 25.3 Å². The van der Waals surface area contributed by atoms with Gasteiger partial charge in [0.25, 0.3) is 0 Å². The van der Waals surface area contributed by atoms with Crippen molar-refractivity contribution in [1.29, 1.82) is 0 Å². The number of aliphatic imine (C=N–C) groups is 1. The van der Waals surface area contributed by atoms with Gasteiger partial charge in [0.15, 0.2) is 5.96 Å². The van der Waals surface area contributed by atoms with Crippen molar-refractivity contribution in [2.24, 2.45) is 28.1 Å². The summed E-state index contributed by atoms with van der Waals surface area (Å²) in [5.74, 6) is -10.9. The number of hydrogen-bond acceptors (Lipinski definition) is 15. The van der Waals surface area contributed by atoms with E-state index in [1.54, 1.807) is 0 Å². The maximum Gasteiger partial charge on any atom is 0.327 e. The number of nitrogens with two attached hydrogens (primary N) is 3. The number of carbonyl (C=O) groups is 9. The van der Waals surface area contributed by atoms with Gasteiger partial charge in [0, 0.05) is 24.5 Å². The highest BCUT2D eigenvalue weighted by Crippen LogP contribution is 2.07. The first-order chi connectivity index (χ1) is 26.2. The fourth-order valence-electron chi connectivity index (χ4n) is 4.38. The van der Waals surface area contributed by atoms with Gasteiger partial charge in [-0.1, -0.05) is 13.8 Å². The van der Waals surface area contributed by atoms with E-state index in [-0.39, 0.29) is 36.9 Å². The molecule has 56 heavy (non-hydrogen) atoms. The number of aliphatic carboxylic acids is 2. The number of thiol groups is 2. The van der Waals surface area contributed by atoms with Crippen molar-refractivity contribution < 1.29 is 63.6 Å². The zero-order valence-corrected chi connectivity index (χ0v) is 32.5. The first-order valence-electron chi connectivity index (χ1n) is 17.0. The molecule has 0 bridgehead atoms. The van der Waals surface area contributed by atoms with Gasteiger partial charge in [0.2, 0.25) is 41.4 Å². The van der Waals surface area contributed by atoms with Crippen LogP contribution in [0.5, 0.6) is 0 Å². The Balaban J connectivity index is 5.82. The van der Waals surface area contributed by atoms with Crippen molar-refractivity contribution in [2.45, 2.75) is 81.8 Å². The van der Waals surface area contributed by atoms with Crippen LogP contribution in [0.1, 0.15) is 39.5 Å². The van der Waals surface area contributed by atoms with E-state index in [1.165, 1.54) is 13.8 Å². The number of carbonyl (C=O) groups excluding carboxylic acids is 7. The number of amides is 7. The third-order valence-corrected chi connectivity index (χ3v) is 8.27. The molecule has 0 aromatic carbocycles. The first-order valence-corrected chi connectivity index (χ1v) is 18.3. The first kappa shape index (κ1) is 51.1. The van der Waals surface area contributed by atoms with Crippen LogP contribution in [0.15, 0.2) is 4.99 Å². The molecule has 0 aromatic rings. The van der Waals surface area contributed by atoms with Crippen molar-refractivity contribution in [3.63, 3.8) is 0 Å². The summed E-state index contributed by atoms with van der Waals surface area (Å²) in [6.07, 6.45) is -0.941. The molecule has 0 saturated heterocycles. The Kier molecular flexibility index (Phi) is 24.5. The summed E-state index contributed by atoms with van der Waals surface area (Å²) >= 11 is 7.76. The minimum atomic E-state index is -1.66. The van der Waals surface area contributed by atoms with Crippen molar-refractivity contribution in [1.82, 2.24) is 37.2 Å². The highest BCUT2D eigenvalue weighted by Gasteiger charge is 2.33. The second-order valence-electron chi connectivity index (χ2n) is 12.4. The molecule has 0 unspecified atom stereocenters. The van der Waals surface area contributed by atoms with E-state index < -0.39 is 134 Å². The number of guanidine groups is 1. The van der Waals surface area contributed by atoms with Crippen LogP contribution in [0.4, 0.5) is 0 Å². The number of carboxylic acids is 2. The zero-order chi connectivity index (χ0) is 43.1. The van der Waals surface area contributed by atoms with Gasteiger partial charge in [0.1, 0.15) is 36.3 Å². The van der Waals surface area contributed by atoms with Crippen LogP contribution in [0.2, 0.25) is 0 Å². The number of hydrogen-bond donors (Lipinski definition) is 16. The molecule has 17 N–H and O–H groups in total. The SMILES string of the molecule is CC(C)[C@H](NC(=O)[C@H](CO)NC(=O)[C@H](CCCN=C(N)N)NC(=O)[C@@H](N)CS)C(=O)N[C@@H](CCC(=O)O)C(=O)NCC(=O)N[C@@H](CO)C(=O)N[C@@H](CS)C(=O)O. The summed E-state index contributed by atoms with van der Waals surface area (Å²) in [6, 6.07) is -10.1. The third-order valence-electron chi connectivity index (χ3n) is 7.51. The molecular weight excluding hydrogens is 787 g/mol. The number of nitrogens with zero attached hydrogens (tertiary/aromatic N) is 1. The number of aliphatic hydroxyl groups is 2. The maximum atomic E-state index is 13.4. The highest BCUT2D eigenvalue weighted by atomic mass is 32.1. The van der Waals surface area contributed by atoms with Crippen LogP contribution < -0.4 is 54.4 Å². The number of carboxylic acid groups (broad SMARTS) is 2.